The van der Waals surface area contributed by atoms with Crippen LogP contribution < -0.4 is 10.1 Å². The van der Waals surface area contributed by atoms with Gasteiger partial charge in [0.15, 0.2) is 11.6 Å². The van der Waals surface area contributed by atoms with E-state index in [9.17, 15) is 13.6 Å². The van der Waals surface area contributed by atoms with E-state index in [-0.39, 0.29) is 24.1 Å². The number of nitrogens with one attached hydrogen (secondary N) is 1. The molecule has 1 N–H and O–H groups in total. The molecular formula is C23H25F2N3O2. The smallest absolute Gasteiger partial charge is 0.226 e. The third-order valence-corrected chi connectivity index (χ3v) is 4.51. The fourth-order valence-electron chi connectivity index (χ4n) is 3.16. The van der Waals surface area contributed by atoms with E-state index >= 15 is 0 Å². The van der Waals surface area contributed by atoms with Crippen molar-refractivity contribution in [3.05, 3.63) is 71.4 Å². The first kappa shape index (κ1) is 21.5. The van der Waals surface area contributed by atoms with Gasteiger partial charge in [-0.3, -0.25) is 4.79 Å². The SMILES string of the molecule is CCc1nn(-c2ccccc2)c(Oc2ccc(F)cc2F)c1CCC(=O)NC(C)C. The Morgan fingerprint density at radius 2 is 1.90 bits per heavy atom. The van der Waals surface area contributed by atoms with Crippen LogP contribution in [0, 0.1) is 11.6 Å². The molecule has 0 aliphatic carbocycles. The molecule has 0 radical (unpaired) electrons. The van der Waals surface area contributed by atoms with Gasteiger partial charge in [0.05, 0.1) is 11.4 Å². The number of hydrogen-bond acceptors (Lipinski definition) is 3. The number of ether oxygens (including phenoxy) is 1. The first-order valence-corrected chi connectivity index (χ1v) is 9.97. The van der Waals surface area contributed by atoms with Crippen molar-refractivity contribution in [2.75, 3.05) is 0 Å². The molecule has 1 aromatic heterocycles. The van der Waals surface area contributed by atoms with Gasteiger partial charge in [-0.2, -0.15) is 5.10 Å². The molecule has 0 fully saturated rings. The lowest BCUT2D eigenvalue weighted by atomic mass is 10.1. The largest absolute Gasteiger partial charge is 0.436 e. The number of aryl methyl sites for hydroxylation is 1. The summed E-state index contributed by atoms with van der Waals surface area (Å²) in [6, 6.07) is 12.5. The summed E-state index contributed by atoms with van der Waals surface area (Å²) in [5.74, 6) is -1.36. The molecule has 0 spiro atoms. The Bertz CT molecular complexity index is 1020. The van der Waals surface area contributed by atoms with Crippen LogP contribution in [0.15, 0.2) is 48.5 Å². The minimum atomic E-state index is -0.808. The van der Waals surface area contributed by atoms with E-state index in [0.717, 1.165) is 29.1 Å². The summed E-state index contributed by atoms with van der Waals surface area (Å²) in [6.07, 6.45) is 1.24. The van der Waals surface area contributed by atoms with Crippen molar-refractivity contribution in [2.45, 2.75) is 46.1 Å². The van der Waals surface area contributed by atoms with Crippen molar-refractivity contribution in [3.63, 3.8) is 0 Å². The Balaban J connectivity index is 2.03. The van der Waals surface area contributed by atoms with Crippen LogP contribution in [0.25, 0.3) is 5.69 Å². The van der Waals surface area contributed by atoms with Crippen LogP contribution in [0.3, 0.4) is 0 Å². The minimum absolute atomic E-state index is 0.0409. The molecule has 0 atom stereocenters. The Kier molecular flexibility index (Phi) is 6.82. The molecule has 0 aliphatic heterocycles. The molecule has 0 aliphatic rings. The summed E-state index contributed by atoms with van der Waals surface area (Å²) in [4.78, 5) is 12.2. The molecule has 158 valence electrons. The Morgan fingerprint density at radius 1 is 1.17 bits per heavy atom. The highest BCUT2D eigenvalue weighted by atomic mass is 19.1. The maximum atomic E-state index is 14.3. The third-order valence-electron chi connectivity index (χ3n) is 4.51. The molecule has 0 unspecified atom stereocenters. The second-order valence-electron chi connectivity index (χ2n) is 7.23. The van der Waals surface area contributed by atoms with Gasteiger partial charge in [0.2, 0.25) is 11.8 Å². The Morgan fingerprint density at radius 3 is 2.53 bits per heavy atom. The van der Waals surface area contributed by atoms with Crippen LogP contribution in [0.1, 0.15) is 38.4 Å². The number of hydrogen-bond donors (Lipinski definition) is 1. The van der Waals surface area contributed by atoms with Gasteiger partial charge in [-0.05, 0) is 51.0 Å². The molecule has 5 nitrogen and oxygen atoms in total. The molecule has 1 heterocycles. The second kappa shape index (κ2) is 9.52. The van der Waals surface area contributed by atoms with Gasteiger partial charge < -0.3 is 10.1 Å². The summed E-state index contributed by atoms with van der Waals surface area (Å²) in [5, 5.41) is 7.51. The predicted molar refractivity (Wildman–Crippen MR) is 111 cm³/mol. The van der Waals surface area contributed by atoms with E-state index < -0.39 is 11.6 Å². The fourth-order valence-corrected chi connectivity index (χ4v) is 3.16. The zero-order valence-electron chi connectivity index (χ0n) is 17.3. The zero-order valence-corrected chi connectivity index (χ0v) is 17.3. The summed E-state index contributed by atoms with van der Waals surface area (Å²) >= 11 is 0. The van der Waals surface area contributed by atoms with E-state index in [2.05, 4.69) is 10.4 Å². The molecular weight excluding hydrogens is 388 g/mol. The lowest BCUT2D eigenvalue weighted by molar-refractivity contribution is -0.121. The topological polar surface area (TPSA) is 56.2 Å². The lowest BCUT2D eigenvalue weighted by Crippen LogP contribution is -2.30. The molecule has 3 aromatic rings. The van der Waals surface area contributed by atoms with Gasteiger partial charge in [-0.15, -0.1) is 0 Å². The van der Waals surface area contributed by atoms with Crippen LogP contribution in [-0.4, -0.2) is 21.7 Å². The monoisotopic (exact) mass is 413 g/mol. The zero-order chi connectivity index (χ0) is 21.7. The van der Waals surface area contributed by atoms with Gasteiger partial charge in [-0.1, -0.05) is 25.1 Å². The van der Waals surface area contributed by atoms with Crippen LogP contribution in [0.2, 0.25) is 0 Å². The van der Waals surface area contributed by atoms with E-state index in [1.807, 2.05) is 51.1 Å². The minimum Gasteiger partial charge on any atom is -0.436 e. The van der Waals surface area contributed by atoms with E-state index in [1.165, 1.54) is 6.07 Å². The summed E-state index contributed by atoms with van der Waals surface area (Å²) in [6.45, 7) is 5.75. The maximum absolute atomic E-state index is 14.3. The Labute approximate surface area is 174 Å². The number of carbonyl (C=O) groups excluding carboxylic acids is 1. The van der Waals surface area contributed by atoms with Crippen LogP contribution in [0.4, 0.5) is 8.78 Å². The van der Waals surface area contributed by atoms with Crippen LogP contribution >= 0.6 is 0 Å². The maximum Gasteiger partial charge on any atom is 0.226 e. The number of benzene rings is 2. The number of nitrogens with zero attached hydrogens (tertiary/aromatic N) is 2. The van der Waals surface area contributed by atoms with Crippen molar-refractivity contribution in [3.8, 4) is 17.3 Å². The first-order chi connectivity index (χ1) is 14.4. The average molecular weight is 413 g/mol. The third kappa shape index (κ3) is 5.03. The second-order valence-corrected chi connectivity index (χ2v) is 7.23. The van der Waals surface area contributed by atoms with E-state index in [1.54, 1.807) is 4.68 Å². The summed E-state index contributed by atoms with van der Waals surface area (Å²) < 4.78 is 35.1. The van der Waals surface area contributed by atoms with Gasteiger partial charge in [-0.25, -0.2) is 13.5 Å². The molecule has 30 heavy (non-hydrogen) atoms. The number of aromatic nitrogens is 2. The highest BCUT2D eigenvalue weighted by Gasteiger charge is 2.22. The van der Waals surface area contributed by atoms with Gasteiger partial charge in [0.25, 0.3) is 0 Å². The average Bonchev–Trinajstić information content (AvgIpc) is 3.06. The van der Waals surface area contributed by atoms with Crippen LogP contribution in [0.5, 0.6) is 11.6 Å². The molecule has 2 aromatic carbocycles. The highest BCUT2D eigenvalue weighted by Crippen LogP contribution is 2.33. The van der Waals surface area contributed by atoms with Crippen molar-refractivity contribution >= 4 is 5.91 Å². The fraction of sp³-hybridized carbons (Fsp3) is 0.304. The standard InChI is InChI=1S/C23H25F2N3O2/c1-4-20-18(11-13-22(29)26-15(2)3)23(28(27-20)17-8-6-5-7-9-17)30-21-12-10-16(24)14-19(21)25/h5-10,12,14-15H,4,11,13H2,1-3H3,(H,26,29). The number of halogens is 2. The number of para-hydroxylation sites is 1. The predicted octanol–water partition coefficient (Wildman–Crippen LogP) is 4.96. The number of rotatable bonds is 8. The summed E-state index contributed by atoms with van der Waals surface area (Å²) in [7, 11) is 0. The van der Waals surface area contributed by atoms with Crippen molar-refractivity contribution in [2.24, 2.45) is 0 Å². The van der Waals surface area contributed by atoms with Crippen LogP contribution in [-0.2, 0) is 17.6 Å². The molecule has 7 heteroatoms. The quantitative estimate of drug-likeness (QED) is 0.568. The van der Waals surface area contributed by atoms with E-state index in [0.29, 0.717) is 18.7 Å². The van der Waals surface area contributed by atoms with Crippen molar-refractivity contribution in [1.82, 2.24) is 15.1 Å². The molecule has 0 saturated carbocycles. The van der Waals surface area contributed by atoms with E-state index in [4.69, 9.17) is 4.74 Å². The summed E-state index contributed by atoms with van der Waals surface area (Å²) in [5.41, 5.74) is 2.22. The van der Waals surface area contributed by atoms with Crippen molar-refractivity contribution < 1.29 is 18.3 Å². The number of carbonyl (C=O) groups is 1. The van der Waals surface area contributed by atoms with Gasteiger partial charge >= 0.3 is 0 Å². The number of amides is 1. The van der Waals surface area contributed by atoms with Gasteiger partial charge in [0.1, 0.15) is 5.82 Å². The van der Waals surface area contributed by atoms with Gasteiger partial charge in [0, 0.05) is 24.1 Å². The lowest BCUT2D eigenvalue weighted by Gasteiger charge is -2.13. The first-order valence-electron chi connectivity index (χ1n) is 9.97. The Hall–Kier alpha value is -3.22. The molecule has 0 bridgehead atoms. The molecule has 1 amide bonds. The normalized spacial score (nSPS) is 11.0. The molecule has 0 saturated heterocycles. The highest BCUT2D eigenvalue weighted by molar-refractivity contribution is 5.76. The molecule has 3 rings (SSSR count). The van der Waals surface area contributed by atoms with Crippen molar-refractivity contribution in [1.29, 1.82) is 0 Å².